The molecule has 13 heteroatoms. The van der Waals surface area contributed by atoms with Crippen LogP contribution in [0.25, 0.3) is 11.5 Å². The second kappa shape index (κ2) is 13.9. The molecule has 13 nitrogen and oxygen atoms in total. The average molecular weight is 606 g/mol. The summed E-state index contributed by atoms with van der Waals surface area (Å²) in [5.41, 5.74) is 2.05. The Morgan fingerprint density at radius 3 is 2.64 bits per heavy atom. The fraction of sp³-hybridized carbons (Fsp3) is 0.387. The number of oxazole rings is 1. The van der Waals surface area contributed by atoms with Crippen molar-refractivity contribution >= 4 is 23.8 Å². The number of hydrogen-bond donors (Lipinski definition) is 2. The molecule has 2 aliphatic rings. The number of benzene rings is 2. The highest BCUT2D eigenvalue weighted by atomic mass is 16.6. The highest BCUT2D eigenvalue weighted by molar-refractivity contribution is 5.91. The minimum atomic E-state index is -0.923. The summed E-state index contributed by atoms with van der Waals surface area (Å²) < 4.78 is 22.3. The number of carbonyl (C=O) groups excluding carboxylic acids is 4. The van der Waals surface area contributed by atoms with E-state index < -0.39 is 29.9 Å². The van der Waals surface area contributed by atoms with Crippen LogP contribution in [0.3, 0.4) is 0 Å². The van der Waals surface area contributed by atoms with Gasteiger partial charge in [0.15, 0.2) is 11.5 Å². The maximum atomic E-state index is 13.4. The summed E-state index contributed by atoms with van der Waals surface area (Å²) in [6, 6.07) is 13.7. The van der Waals surface area contributed by atoms with Gasteiger partial charge in [0.25, 0.3) is 0 Å². The van der Waals surface area contributed by atoms with Gasteiger partial charge in [0.05, 0.1) is 33.4 Å². The summed E-state index contributed by atoms with van der Waals surface area (Å²) in [7, 11) is 1.53. The lowest BCUT2D eigenvalue weighted by atomic mass is 10.1. The molecule has 0 aliphatic carbocycles. The van der Waals surface area contributed by atoms with Gasteiger partial charge in [0.2, 0.25) is 23.6 Å². The van der Waals surface area contributed by atoms with Gasteiger partial charge in [-0.3, -0.25) is 19.3 Å². The number of amides is 4. The number of cyclic esters (lactones) is 1. The van der Waals surface area contributed by atoms with E-state index in [0.717, 1.165) is 5.56 Å². The third-order valence-electron chi connectivity index (χ3n) is 7.36. The van der Waals surface area contributed by atoms with Crippen LogP contribution in [0.1, 0.15) is 23.4 Å². The lowest BCUT2D eigenvalue weighted by Gasteiger charge is -2.26. The van der Waals surface area contributed by atoms with Crippen molar-refractivity contribution in [2.24, 2.45) is 0 Å². The zero-order chi connectivity index (χ0) is 31.1. The fourth-order valence-corrected chi connectivity index (χ4v) is 4.97. The first-order valence-electron chi connectivity index (χ1n) is 14.4. The number of fused-ring (bicyclic) bond motifs is 5. The van der Waals surface area contributed by atoms with E-state index in [0.29, 0.717) is 40.8 Å². The summed E-state index contributed by atoms with van der Waals surface area (Å²) in [5, 5.41) is 5.67. The predicted octanol–water partition coefficient (Wildman–Crippen LogP) is 2.07. The topological polar surface area (TPSA) is 153 Å². The Balaban J connectivity index is 1.42. The molecule has 1 aromatic heterocycles. The van der Waals surface area contributed by atoms with Gasteiger partial charge < -0.3 is 34.2 Å². The van der Waals surface area contributed by atoms with E-state index in [4.69, 9.17) is 18.6 Å². The number of nitrogens with one attached hydrogen (secondary N) is 2. The number of aromatic nitrogens is 1. The predicted molar refractivity (Wildman–Crippen MR) is 157 cm³/mol. The lowest BCUT2D eigenvalue weighted by Crippen LogP contribution is -2.52. The van der Waals surface area contributed by atoms with Crippen molar-refractivity contribution in [3.05, 3.63) is 65.5 Å². The second-order valence-electron chi connectivity index (χ2n) is 10.5. The van der Waals surface area contributed by atoms with E-state index in [1.165, 1.54) is 16.9 Å². The molecule has 0 radical (unpaired) electrons. The van der Waals surface area contributed by atoms with Gasteiger partial charge in [-0.2, -0.15) is 0 Å². The van der Waals surface area contributed by atoms with Crippen LogP contribution in [-0.4, -0.2) is 91.1 Å². The van der Waals surface area contributed by atoms with Crippen molar-refractivity contribution < 1.29 is 37.8 Å². The minimum Gasteiger partial charge on any atom is -0.493 e. The first-order chi connectivity index (χ1) is 21.3. The van der Waals surface area contributed by atoms with E-state index in [1.54, 1.807) is 25.1 Å². The third kappa shape index (κ3) is 7.46. The van der Waals surface area contributed by atoms with E-state index in [9.17, 15) is 19.2 Å². The molecule has 1 atom stereocenters. The maximum absolute atomic E-state index is 13.4. The number of hydrogen-bond acceptors (Lipinski definition) is 9. The Hall–Kier alpha value is -5.07. The van der Waals surface area contributed by atoms with Gasteiger partial charge in [-0.1, -0.05) is 30.3 Å². The van der Waals surface area contributed by atoms with Crippen LogP contribution < -0.4 is 20.1 Å². The Bertz CT molecular complexity index is 1510. The molecule has 5 rings (SSSR count). The van der Waals surface area contributed by atoms with E-state index in [1.807, 2.05) is 30.3 Å². The van der Waals surface area contributed by atoms with Gasteiger partial charge in [-0.05, 0) is 37.1 Å². The maximum Gasteiger partial charge on any atom is 0.410 e. The number of carbonyl (C=O) groups is 4. The van der Waals surface area contributed by atoms with Gasteiger partial charge in [-0.25, -0.2) is 9.78 Å². The SMILES string of the molecule is COc1ccc2cc1OCCCN(C(=O)CN1CCOC1=O)CC(=O)N[C@H](Cc1ccccc1)C(=O)NCc1nc-2oc1C. The molecule has 4 bridgehead atoms. The standard InChI is InChI=1S/C31H35N5O8/c1-20-24-17-32-29(39)23(15-21-7-4-3-5-8-21)33-27(37)18-35(28(38)19-36-12-14-43-31(36)40)11-6-13-42-26-16-22(30(34-24)44-20)9-10-25(26)41-2/h3-5,7-10,16,23H,6,11-15,17-19H2,1-2H3,(H,32,39)(H,33,37)/t23-/m1/s1. The van der Waals surface area contributed by atoms with E-state index >= 15 is 0 Å². The van der Waals surface area contributed by atoms with Crippen molar-refractivity contribution in [1.82, 2.24) is 25.4 Å². The molecular weight excluding hydrogens is 570 g/mol. The summed E-state index contributed by atoms with van der Waals surface area (Å²) in [6.07, 6.45) is 0.0249. The van der Waals surface area contributed by atoms with Gasteiger partial charge in [0, 0.05) is 18.5 Å². The highest BCUT2D eigenvalue weighted by Gasteiger charge is 2.29. The fourth-order valence-electron chi connectivity index (χ4n) is 4.97. The Kier molecular flexibility index (Phi) is 9.62. The summed E-state index contributed by atoms with van der Waals surface area (Å²) >= 11 is 0. The van der Waals surface area contributed by atoms with Crippen LogP contribution >= 0.6 is 0 Å². The second-order valence-corrected chi connectivity index (χ2v) is 10.5. The van der Waals surface area contributed by atoms with Crippen LogP contribution in [0.4, 0.5) is 4.79 Å². The first-order valence-corrected chi connectivity index (χ1v) is 14.4. The third-order valence-corrected chi connectivity index (χ3v) is 7.36. The number of aryl methyl sites for hydroxylation is 1. The van der Waals surface area contributed by atoms with E-state index in [2.05, 4.69) is 15.6 Å². The number of methoxy groups -OCH3 is 1. The number of nitrogens with zero attached hydrogens (tertiary/aromatic N) is 3. The van der Waals surface area contributed by atoms with Crippen LogP contribution in [0.15, 0.2) is 52.9 Å². The van der Waals surface area contributed by atoms with Crippen molar-refractivity contribution in [1.29, 1.82) is 0 Å². The number of rotatable bonds is 5. The number of ether oxygens (including phenoxy) is 3. The smallest absolute Gasteiger partial charge is 0.410 e. The highest BCUT2D eigenvalue weighted by Crippen LogP contribution is 2.33. The summed E-state index contributed by atoms with van der Waals surface area (Å²) in [6.45, 7) is 2.14. The zero-order valence-corrected chi connectivity index (χ0v) is 24.7. The molecule has 0 unspecified atom stereocenters. The molecule has 0 saturated carbocycles. The Morgan fingerprint density at radius 2 is 1.89 bits per heavy atom. The first kappa shape index (κ1) is 30.4. The van der Waals surface area contributed by atoms with Crippen LogP contribution in [0, 0.1) is 6.92 Å². The Morgan fingerprint density at radius 1 is 1.07 bits per heavy atom. The normalized spacial score (nSPS) is 18.0. The van der Waals surface area contributed by atoms with Crippen molar-refractivity contribution in [2.75, 3.05) is 46.5 Å². The van der Waals surface area contributed by atoms with Crippen LogP contribution in [-0.2, 0) is 32.1 Å². The lowest BCUT2D eigenvalue weighted by molar-refractivity contribution is -0.137. The molecule has 44 heavy (non-hydrogen) atoms. The zero-order valence-electron chi connectivity index (χ0n) is 24.7. The molecule has 3 heterocycles. The molecule has 2 N–H and O–H groups in total. The molecular formula is C31H35N5O8. The molecule has 3 aromatic rings. The molecule has 4 amide bonds. The molecule has 2 aliphatic heterocycles. The van der Waals surface area contributed by atoms with Crippen molar-refractivity contribution in [3.63, 3.8) is 0 Å². The van der Waals surface area contributed by atoms with Gasteiger partial charge in [-0.15, -0.1) is 0 Å². The van der Waals surface area contributed by atoms with Crippen molar-refractivity contribution in [3.8, 4) is 23.0 Å². The quantitative estimate of drug-likeness (QED) is 0.445. The minimum absolute atomic E-state index is 0.0748. The molecule has 1 fully saturated rings. The van der Waals surface area contributed by atoms with Gasteiger partial charge in [0.1, 0.15) is 30.6 Å². The molecule has 232 valence electrons. The van der Waals surface area contributed by atoms with Crippen molar-refractivity contribution in [2.45, 2.75) is 32.4 Å². The Labute approximate surface area is 254 Å². The average Bonchev–Trinajstić information content (AvgIpc) is 3.60. The summed E-state index contributed by atoms with van der Waals surface area (Å²) in [5.74, 6) is 0.494. The largest absolute Gasteiger partial charge is 0.493 e. The molecule has 1 saturated heterocycles. The molecule has 2 aromatic carbocycles. The van der Waals surface area contributed by atoms with Crippen LogP contribution in [0.5, 0.6) is 11.5 Å². The monoisotopic (exact) mass is 605 g/mol. The summed E-state index contributed by atoms with van der Waals surface area (Å²) in [4.78, 5) is 59.3. The van der Waals surface area contributed by atoms with E-state index in [-0.39, 0.29) is 52.4 Å². The van der Waals surface area contributed by atoms with Gasteiger partial charge >= 0.3 is 6.09 Å². The van der Waals surface area contributed by atoms with Crippen LogP contribution in [0.2, 0.25) is 0 Å². The molecule has 0 spiro atoms.